The van der Waals surface area contributed by atoms with E-state index in [1.54, 1.807) is 12.1 Å². The molecule has 0 aliphatic carbocycles. The summed E-state index contributed by atoms with van der Waals surface area (Å²) in [6.07, 6.45) is 4.74. The molecule has 2 nitrogen and oxygen atoms in total. The van der Waals surface area contributed by atoms with Crippen LogP contribution in [0.25, 0.3) is 0 Å². The first-order chi connectivity index (χ1) is 9.20. The molecule has 0 bridgehead atoms. The van der Waals surface area contributed by atoms with Gasteiger partial charge in [-0.1, -0.05) is 31.5 Å². The zero-order valence-electron chi connectivity index (χ0n) is 11.8. The van der Waals surface area contributed by atoms with E-state index >= 15 is 0 Å². The number of rotatable bonds is 6. The van der Waals surface area contributed by atoms with Gasteiger partial charge in [0.1, 0.15) is 5.82 Å². The molecule has 0 amide bonds. The Bertz CT molecular complexity index is 394. The van der Waals surface area contributed by atoms with Crippen molar-refractivity contribution in [2.45, 2.75) is 38.6 Å². The SMILES string of the molecule is CCCC1CCN(CCC(N)c2ccccc2F)C1. The lowest BCUT2D eigenvalue weighted by Gasteiger charge is -2.19. The summed E-state index contributed by atoms with van der Waals surface area (Å²) in [5, 5.41) is 0. The average Bonchev–Trinajstić information content (AvgIpc) is 2.85. The van der Waals surface area contributed by atoms with Crippen LogP contribution in [-0.4, -0.2) is 24.5 Å². The van der Waals surface area contributed by atoms with E-state index in [1.807, 2.05) is 6.07 Å². The minimum atomic E-state index is -0.188. The van der Waals surface area contributed by atoms with Gasteiger partial charge in [-0.05, 0) is 44.3 Å². The van der Waals surface area contributed by atoms with Crippen LogP contribution in [0.15, 0.2) is 24.3 Å². The fourth-order valence-electron chi connectivity index (χ4n) is 3.01. The molecule has 0 saturated carbocycles. The van der Waals surface area contributed by atoms with E-state index in [-0.39, 0.29) is 11.9 Å². The van der Waals surface area contributed by atoms with E-state index in [4.69, 9.17) is 5.73 Å². The molecule has 1 aromatic carbocycles. The Morgan fingerprint density at radius 1 is 1.42 bits per heavy atom. The fraction of sp³-hybridized carbons (Fsp3) is 0.625. The second-order valence-electron chi connectivity index (χ2n) is 5.66. The van der Waals surface area contributed by atoms with Gasteiger partial charge < -0.3 is 10.6 Å². The van der Waals surface area contributed by atoms with Gasteiger partial charge in [-0.15, -0.1) is 0 Å². The average molecular weight is 264 g/mol. The molecule has 2 N–H and O–H groups in total. The van der Waals surface area contributed by atoms with Crippen molar-refractivity contribution in [1.29, 1.82) is 0 Å². The maximum absolute atomic E-state index is 13.6. The van der Waals surface area contributed by atoms with Crippen LogP contribution in [0.3, 0.4) is 0 Å². The standard InChI is InChI=1S/C16H25FN2/c1-2-5-13-8-10-19(12-13)11-9-16(18)14-6-3-4-7-15(14)17/h3-4,6-7,13,16H,2,5,8-12,18H2,1H3. The van der Waals surface area contributed by atoms with Crippen LogP contribution in [0, 0.1) is 11.7 Å². The third kappa shape index (κ3) is 4.02. The third-order valence-corrected chi connectivity index (χ3v) is 4.13. The first-order valence-corrected chi connectivity index (χ1v) is 7.43. The molecule has 0 aromatic heterocycles. The van der Waals surface area contributed by atoms with Crippen LogP contribution in [0.5, 0.6) is 0 Å². The minimum Gasteiger partial charge on any atom is -0.324 e. The molecule has 0 spiro atoms. The monoisotopic (exact) mass is 264 g/mol. The van der Waals surface area contributed by atoms with E-state index in [0.717, 1.165) is 18.9 Å². The minimum absolute atomic E-state index is 0.180. The van der Waals surface area contributed by atoms with E-state index < -0.39 is 0 Å². The lowest BCUT2D eigenvalue weighted by molar-refractivity contribution is 0.305. The molecular weight excluding hydrogens is 239 g/mol. The van der Waals surface area contributed by atoms with Gasteiger partial charge in [0.05, 0.1) is 0 Å². The van der Waals surface area contributed by atoms with Gasteiger partial charge >= 0.3 is 0 Å². The number of nitrogens with zero attached hydrogens (tertiary/aromatic N) is 1. The number of nitrogens with two attached hydrogens (primary N) is 1. The Hall–Kier alpha value is -0.930. The van der Waals surface area contributed by atoms with Crippen molar-refractivity contribution in [3.05, 3.63) is 35.6 Å². The summed E-state index contributed by atoms with van der Waals surface area (Å²) in [6.45, 7) is 5.60. The topological polar surface area (TPSA) is 29.3 Å². The van der Waals surface area contributed by atoms with Crippen molar-refractivity contribution in [2.75, 3.05) is 19.6 Å². The number of hydrogen-bond donors (Lipinski definition) is 1. The van der Waals surface area contributed by atoms with Crippen LogP contribution >= 0.6 is 0 Å². The molecule has 2 atom stereocenters. The predicted molar refractivity (Wildman–Crippen MR) is 77.4 cm³/mol. The van der Waals surface area contributed by atoms with Gasteiger partial charge in [-0.25, -0.2) is 4.39 Å². The molecule has 1 heterocycles. The summed E-state index contributed by atoms with van der Waals surface area (Å²) in [4.78, 5) is 2.47. The molecule has 1 aromatic rings. The van der Waals surface area contributed by atoms with Crippen LogP contribution < -0.4 is 5.73 Å². The molecule has 1 saturated heterocycles. The summed E-state index contributed by atoms with van der Waals surface area (Å²) in [5.41, 5.74) is 6.75. The smallest absolute Gasteiger partial charge is 0.127 e. The molecule has 2 rings (SSSR count). The summed E-state index contributed by atoms with van der Waals surface area (Å²) >= 11 is 0. The maximum atomic E-state index is 13.6. The van der Waals surface area contributed by atoms with Crippen molar-refractivity contribution in [3.63, 3.8) is 0 Å². The van der Waals surface area contributed by atoms with Gasteiger partial charge in [-0.2, -0.15) is 0 Å². The summed E-state index contributed by atoms with van der Waals surface area (Å²) < 4.78 is 13.6. The first-order valence-electron chi connectivity index (χ1n) is 7.43. The Morgan fingerprint density at radius 3 is 2.95 bits per heavy atom. The zero-order chi connectivity index (χ0) is 13.7. The highest BCUT2D eigenvalue weighted by Crippen LogP contribution is 2.23. The summed E-state index contributed by atoms with van der Waals surface area (Å²) in [5.74, 6) is 0.676. The fourth-order valence-corrected chi connectivity index (χ4v) is 3.01. The van der Waals surface area contributed by atoms with Gasteiger partial charge in [-0.3, -0.25) is 0 Å². The Labute approximate surface area is 115 Å². The third-order valence-electron chi connectivity index (χ3n) is 4.13. The van der Waals surface area contributed by atoms with Crippen molar-refractivity contribution in [3.8, 4) is 0 Å². The van der Waals surface area contributed by atoms with Gasteiger partial charge in [0.25, 0.3) is 0 Å². The van der Waals surface area contributed by atoms with Crippen LogP contribution in [0.4, 0.5) is 4.39 Å². The van der Waals surface area contributed by atoms with Crippen LogP contribution in [0.1, 0.15) is 44.2 Å². The molecule has 3 heteroatoms. The normalized spacial score (nSPS) is 21.7. The number of benzene rings is 1. The maximum Gasteiger partial charge on any atom is 0.127 e. The molecule has 19 heavy (non-hydrogen) atoms. The van der Waals surface area contributed by atoms with Gasteiger partial charge in [0.2, 0.25) is 0 Å². The molecule has 0 radical (unpaired) electrons. The van der Waals surface area contributed by atoms with Gasteiger partial charge in [0, 0.05) is 18.2 Å². The summed E-state index contributed by atoms with van der Waals surface area (Å²) in [7, 11) is 0. The second-order valence-corrected chi connectivity index (χ2v) is 5.66. The van der Waals surface area contributed by atoms with Crippen molar-refractivity contribution < 1.29 is 4.39 Å². The summed E-state index contributed by atoms with van der Waals surface area (Å²) in [6, 6.07) is 6.66. The van der Waals surface area contributed by atoms with E-state index in [1.165, 1.54) is 38.4 Å². The van der Waals surface area contributed by atoms with Crippen LogP contribution in [0.2, 0.25) is 0 Å². The van der Waals surface area contributed by atoms with Crippen molar-refractivity contribution in [1.82, 2.24) is 4.90 Å². The molecule has 1 aliphatic rings. The second kappa shape index (κ2) is 7.01. The van der Waals surface area contributed by atoms with E-state index in [0.29, 0.717) is 5.56 Å². The first kappa shape index (κ1) is 14.5. The molecular formula is C16H25FN2. The predicted octanol–water partition coefficient (Wildman–Crippen LogP) is 3.34. The molecule has 2 unspecified atom stereocenters. The number of hydrogen-bond acceptors (Lipinski definition) is 2. The number of halogens is 1. The Kier molecular flexibility index (Phi) is 5.34. The molecule has 1 fully saturated rings. The van der Waals surface area contributed by atoms with Gasteiger partial charge in [0.15, 0.2) is 0 Å². The lowest BCUT2D eigenvalue weighted by atomic mass is 10.0. The molecule has 106 valence electrons. The quantitative estimate of drug-likeness (QED) is 0.854. The number of likely N-dealkylation sites (tertiary alicyclic amines) is 1. The van der Waals surface area contributed by atoms with E-state index in [9.17, 15) is 4.39 Å². The van der Waals surface area contributed by atoms with Crippen molar-refractivity contribution >= 4 is 0 Å². The lowest BCUT2D eigenvalue weighted by Crippen LogP contribution is -2.25. The molecule has 1 aliphatic heterocycles. The highest BCUT2D eigenvalue weighted by molar-refractivity contribution is 5.20. The Morgan fingerprint density at radius 2 is 2.21 bits per heavy atom. The van der Waals surface area contributed by atoms with E-state index in [2.05, 4.69) is 11.8 Å². The highest BCUT2D eigenvalue weighted by Gasteiger charge is 2.22. The largest absolute Gasteiger partial charge is 0.324 e. The van der Waals surface area contributed by atoms with Crippen molar-refractivity contribution in [2.24, 2.45) is 11.7 Å². The Balaban J connectivity index is 1.78. The zero-order valence-corrected chi connectivity index (χ0v) is 11.8. The van der Waals surface area contributed by atoms with Crippen LogP contribution in [-0.2, 0) is 0 Å². The highest BCUT2D eigenvalue weighted by atomic mass is 19.1.